The average Bonchev–Trinajstić information content (AvgIpc) is 3.19. The Morgan fingerprint density at radius 3 is 2.57 bits per heavy atom. The number of likely N-dealkylation sites (tertiary alicyclic amines) is 1. The molecule has 0 amide bonds. The fourth-order valence-electron chi connectivity index (χ4n) is 4.42. The van der Waals surface area contributed by atoms with E-state index in [2.05, 4.69) is 50.7 Å². The molecule has 152 valence electrons. The molecule has 0 radical (unpaired) electrons. The van der Waals surface area contributed by atoms with Gasteiger partial charge >= 0.3 is 0 Å². The molecule has 0 bridgehead atoms. The zero-order valence-electron chi connectivity index (χ0n) is 17.3. The van der Waals surface area contributed by atoms with E-state index in [9.17, 15) is 4.39 Å². The van der Waals surface area contributed by atoms with Gasteiger partial charge in [0.15, 0.2) is 0 Å². The van der Waals surface area contributed by atoms with Gasteiger partial charge in [-0.05, 0) is 87.4 Å². The van der Waals surface area contributed by atoms with Gasteiger partial charge in [0.05, 0.1) is 23.1 Å². The van der Waals surface area contributed by atoms with Gasteiger partial charge < -0.3 is 9.47 Å². The standard InChI is InChI=1S/C25H25FN4/c1-17-14-19(5-7-22(17)26)25-21(4-3-11-27-25)18-6-8-23-24(15-18)30(16-28-23)20-9-12-29(2)13-10-20/h3-8,11,14-16,20H,9-10,12-13H2,1-2H3. The molecule has 2 aromatic carbocycles. The van der Waals surface area contributed by atoms with Crippen molar-refractivity contribution >= 4 is 11.0 Å². The van der Waals surface area contributed by atoms with E-state index in [0.29, 0.717) is 11.6 Å². The Kier molecular flexibility index (Phi) is 4.83. The minimum absolute atomic E-state index is 0.195. The molecule has 0 aliphatic carbocycles. The maximum absolute atomic E-state index is 13.8. The smallest absolute Gasteiger partial charge is 0.126 e. The molecule has 0 unspecified atom stereocenters. The Morgan fingerprint density at radius 1 is 0.967 bits per heavy atom. The first kappa shape index (κ1) is 18.9. The van der Waals surface area contributed by atoms with Crippen LogP contribution in [0.25, 0.3) is 33.4 Å². The summed E-state index contributed by atoms with van der Waals surface area (Å²) in [5.74, 6) is -0.195. The van der Waals surface area contributed by atoms with Gasteiger partial charge in [0.2, 0.25) is 0 Å². The third kappa shape index (κ3) is 3.39. The molecule has 1 saturated heterocycles. The molecule has 0 spiro atoms. The highest BCUT2D eigenvalue weighted by molar-refractivity contribution is 5.87. The Balaban J connectivity index is 1.59. The summed E-state index contributed by atoms with van der Waals surface area (Å²) in [6.07, 6.45) is 6.05. The van der Waals surface area contributed by atoms with Crippen LogP contribution in [0.2, 0.25) is 0 Å². The largest absolute Gasteiger partial charge is 0.327 e. The average molecular weight is 401 g/mol. The van der Waals surface area contributed by atoms with Gasteiger partial charge in [-0.2, -0.15) is 0 Å². The Morgan fingerprint density at radius 2 is 1.77 bits per heavy atom. The third-order valence-corrected chi connectivity index (χ3v) is 6.21. The fourth-order valence-corrected chi connectivity index (χ4v) is 4.42. The van der Waals surface area contributed by atoms with Crippen LogP contribution in [0.4, 0.5) is 4.39 Å². The molecule has 4 aromatic rings. The van der Waals surface area contributed by atoms with E-state index >= 15 is 0 Å². The normalized spacial score (nSPS) is 15.7. The van der Waals surface area contributed by atoms with Crippen molar-refractivity contribution in [3.05, 3.63) is 72.4 Å². The van der Waals surface area contributed by atoms with Crippen LogP contribution in [0.15, 0.2) is 61.1 Å². The fraction of sp³-hybridized carbons (Fsp3) is 0.280. The van der Waals surface area contributed by atoms with Gasteiger partial charge in [-0.25, -0.2) is 9.37 Å². The van der Waals surface area contributed by atoms with Crippen molar-refractivity contribution in [1.29, 1.82) is 0 Å². The van der Waals surface area contributed by atoms with Crippen LogP contribution >= 0.6 is 0 Å². The highest BCUT2D eigenvalue weighted by atomic mass is 19.1. The molecule has 1 aliphatic rings. The highest BCUT2D eigenvalue weighted by Crippen LogP contribution is 2.34. The zero-order valence-corrected chi connectivity index (χ0v) is 17.3. The Bertz CT molecular complexity index is 1200. The van der Waals surface area contributed by atoms with E-state index in [-0.39, 0.29) is 5.82 Å². The summed E-state index contributed by atoms with van der Waals surface area (Å²) in [6, 6.07) is 16.1. The van der Waals surface area contributed by atoms with E-state index in [4.69, 9.17) is 0 Å². The first-order valence-corrected chi connectivity index (χ1v) is 10.5. The van der Waals surface area contributed by atoms with Crippen molar-refractivity contribution in [2.45, 2.75) is 25.8 Å². The molecule has 1 aliphatic heterocycles. The molecule has 4 nitrogen and oxygen atoms in total. The van der Waals surface area contributed by atoms with Crippen molar-refractivity contribution in [2.24, 2.45) is 0 Å². The van der Waals surface area contributed by atoms with Crippen LogP contribution in [0.3, 0.4) is 0 Å². The predicted octanol–water partition coefficient (Wildman–Crippen LogP) is 5.48. The Hall–Kier alpha value is -3.05. The monoisotopic (exact) mass is 400 g/mol. The van der Waals surface area contributed by atoms with E-state index in [1.165, 1.54) is 6.07 Å². The number of aryl methyl sites for hydroxylation is 1. The van der Waals surface area contributed by atoms with E-state index in [1.807, 2.05) is 18.5 Å². The number of hydrogen-bond donors (Lipinski definition) is 0. The quantitative estimate of drug-likeness (QED) is 0.457. The molecular weight excluding hydrogens is 375 g/mol. The van der Waals surface area contributed by atoms with Crippen LogP contribution in [0.1, 0.15) is 24.4 Å². The van der Waals surface area contributed by atoms with Crippen LogP contribution in [0.5, 0.6) is 0 Å². The second-order valence-electron chi connectivity index (χ2n) is 8.25. The third-order valence-electron chi connectivity index (χ3n) is 6.21. The van der Waals surface area contributed by atoms with Crippen molar-refractivity contribution in [2.75, 3.05) is 20.1 Å². The van der Waals surface area contributed by atoms with E-state index in [0.717, 1.165) is 59.3 Å². The van der Waals surface area contributed by atoms with Gasteiger partial charge in [0.1, 0.15) is 5.82 Å². The minimum atomic E-state index is -0.195. The zero-order chi connectivity index (χ0) is 20.7. The summed E-state index contributed by atoms with van der Waals surface area (Å²) in [5, 5.41) is 0. The number of benzene rings is 2. The molecule has 5 rings (SSSR count). The molecular formula is C25H25FN4. The van der Waals surface area contributed by atoms with E-state index in [1.54, 1.807) is 19.2 Å². The van der Waals surface area contributed by atoms with Crippen molar-refractivity contribution in [3.63, 3.8) is 0 Å². The second kappa shape index (κ2) is 7.65. The number of pyridine rings is 1. The topological polar surface area (TPSA) is 34.0 Å². The van der Waals surface area contributed by atoms with Crippen LogP contribution in [-0.2, 0) is 0 Å². The summed E-state index contributed by atoms with van der Waals surface area (Å²) >= 11 is 0. The SMILES string of the molecule is Cc1cc(-c2ncccc2-c2ccc3ncn(C4CCN(C)CC4)c3c2)ccc1F. The summed E-state index contributed by atoms with van der Waals surface area (Å²) < 4.78 is 16.1. The Labute approximate surface area is 176 Å². The number of halogens is 1. The molecule has 5 heteroatoms. The minimum Gasteiger partial charge on any atom is -0.327 e. The van der Waals surface area contributed by atoms with Gasteiger partial charge in [-0.1, -0.05) is 12.1 Å². The van der Waals surface area contributed by atoms with Crippen molar-refractivity contribution in [1.82, 2.24) is 19.4 Å². The van der Waals surface area contributed by atoms with Gasteiger partial charge in [0.25, 0.3) is 0 Å². The number of hydrogen-bond acceptors (Lipinski definition) is 3. The molecule has 2 aromatic heterocycles. The van der Waals surface area contributed by atoms with Gasteiger partial charge in [0, 0.05) is 23.4 Å². The number of piperidine rings is 1. The number of fused-ring (bicyclic) bond motifs is 1. The lowest BCUT2D eigenvalue weighted by molar-refractivity contribution is 0.223. The van der Waals surface area contributed by atoms with Gasteiger partial charge in [-0.3, -0.25) is 4.98 Å². The molecule has 1 fully saturated rings. The predicted molar refractivity (Wildman–Crippen MR) is 119 cm³/mol. The molecule has 0 atom stereocenters. The first-order valence-electron chi connectivity index (χ1n) is 10.5. The van der Waals surface area contributed by atoms with Gasteiger partial charge in [-0.15, -0.1) is 0 Å². The molecule has 3 heterocycles. The number of rotatable bonds is 3. The van der Waals surface area contributed by atoms with Crippen molar-refractivity contribution in [3.8, 4) is 22.4 Å². The summed E-state index contributed by atoms with van der Waals surface area (Å²) in [7, 11) is 2.18. The number of imidazole rings is 1. The lowest BCUT2D eigenvalue weighted by Gasteiger charge is -2.30. The highest BCUT2D eigenvalue weighted by Gasteiger charge is 2.20. The van der Waals surface area contributed by atoms with Crippen LogP contribution in [0, 0.1) is 12.7 Å². The summed E-state index contributed by atoms with van der Waals surface area (Å²) in [6.45, 7) is 4.01. The number of aromatic nitrogens is 3. The number of nitrogens with zero attached hydrogens (tertiary/aromatic N) is 4. The lowest BCUT2D eigenvalue weighted by atomic mass is 9.97. The first-order chi connectivity index (χ1) is 14.6. The maximum atomic E-state index is 13.8. The summed E-state index contributed by atoms with van der Waals surface area (Å²) in [5.41, 5.74) is 6.73. The van der Waals surface area contributed by atoms with Crippen LogP contribution in [-0.4, -0.2) is 39.6 Å². The van der Waals surface area contributed by atoms with E-state index < -0.39 is 0 Å². The molecule has 0 N–H and O–H groups in total. The summed E-state index contributed by atoms with van der Waals surface area (Å²) in [4.78, 5) is 11.7. The maximum Gasteiger partial charge on any atom is 0.126 e. The molecule has 0 saturated carbocycles. The van der Waals surface area contributed by atoms with Crippen LogP contribution < -0.4 is 0 Å². The lowest BCUT2D eigenvalue weighted by Crippen LogP contribution is -2.31. The van der Waals surface area contributed by atoms with Crippen molar-refractivity contribution < 1.29 is 4.39 Å². The second-order valence-corrected chi connectivity index (χ2v) is 8.25. The molecule has 30 heavy (non-hydrogen) atoms.